The van der Waals surface area contributed by atoms with Crippen molar-refractivity contribution in [3.8, 4) is 0 Å². The maximum atomic E-state index is 9.54. The molecular formula is C13H20N2O. The number of rotatable bonds is 2. The molecule has 0 spiro atoms. The predicted molar refractivity (Wildman–Crippen MR) is 65.6 cm³/mol. The summed E-state index contributed by atoms with van der Waals surface area (Å²) in [5, 5.41) is 9.54. The predicted octanol–water partition coefficient (Wildman–Crippen LogP) is 1.99. The molecule has 0 aromatic carbocycles. The van der Waals surface area contributed by atoms with Gasteiger partial charge in [-0.1, -0.05) is 6.07 Å². The molecule has 88 valence electrons. The number of hydrogen-bond donors (Lipinski definition) is 1. The van der Waals surface area contributed by atoms with Crippen LogP contribution in [0.15, 0.2) is 18.2 Å². The van der Waals surface area contributed by atoms with Crippen LogP contribution < -0.4 is 4.90 Å². The summed E-state index contributed by atoms with van der Waals surface area (Å²) >= 11 is 0. The first-order valence-electron chi connectivity index (χ1n) is 6.03. The summed E-state index contributed by atoms with van der Waals surface area (Å²) in [6.07, 6.45) is 1.95. The second-order valence-corrected chi connectivity index (χ2v) is 4.70. The topological polar surface area (TPSA) is 36.4 Å². The zero-order chi connectivity index (χ0) is 11.5. The first kappa shape index (κ1) is 11.4. The third kappa shape index (κ3) is 2.53. The third-order valence-corrected chi connectivity index (χ3v) is 3.42. The molecule has 1 saturated heterocycles. The summed E-state index contributed by atoms with van der Waals surface area (Å²) < 4.78 is 0. The van der Waals surface area contributed by atoms with E-state index < -0.39 is 0 Å². The van der Waals surface area contributed by atoms with Gasteiger partial charge < -0.3 is 10.0 Å². The van der Waals surface area contributed by atoms with Gasteiger partial charge in [-0.3, -0.25) is 0 Å². The molecule has 1 aliphatic rings. The number of hydrogen-bond acceptors (Lipinski definition) is 3. The van der Waals surface area contributed by atoms with Gasteiger partial charge in [0.2, 0.25) is 0 Å². The molecule has 1 aromatic heterocycles. The number of aliphatic hydroxyl groups is 1. The van der Waals surface area contributed by atoms with Crippen molar-refractivity contribution < 1.29 is 5.11 Å². The summed E-state index contributed by atoms with van der Waals surface area (Å²) in [7, 11) is 0. The maximum Gasteiger partial charge on any atom is 0.128 e. The highest BCUT2D eigenvalue weighted by atomic mass is 16.3. The molecular weight excluding hydrogens is 200 g/mol. The largest absolute Gasteiger partial charge is 0.393 e. The molecule has 0 bridgehead atoms. The lowest BCUT2D eigenvalue weighted by Crippen LogP contribution is -2.37. The molecule has 1 atom stereocenters. The van der Waals surface area contributed by atoms with Gasteiger partial charge in [0.15, 0.2) is 0 Å². The average molecular weight is 220 g/mol. The van der Waals surface area contributed by atoms with Crippen LogP contribution in [0.1, 0.15) is 25.5 Å². The molecule has 3 nitrogen and oxygen atoms in total. The number of aliphatic hydroxyl groups excluding tert-OH is 1. The number of piperidine rings is 1. The minimum Gasteiger partial charge on any atom is -0.393 e. The highest BCUT2D eigenvalue weighted by molar-refractivity contribution is 5.39. The van der Waals surface area contributed by atoms with Gasteiger partial charge in [-0.25, -0.2) is 4.98 Å². The number of aryl methyl sites for hydroxylation is 1. The molecule has 1 fully saturated rings. The lowest BCUT2D eigenvalue weighted by atomic mass is 9.92. The fourth-order valence-electron chi connectivity index (χ4n) is 2.32. The van der Waals surface area contributed by atoms with E-state index in [1.54, 1.807) is 0 Å². The van der Waals surface area contributed by atoms with Crippen molar-refractivity contribution in [2.24, 2.45) is 5.92 Å². The molecule has 0 amide bonds. The quantitative estimate of drug-likeness (QED) is 0.828. The van der Waals surface area contributed by atoms with Gasteiger partial charge in [0.05, 0.1) is 6.10 Å². The van der Waals surface area contributed by atoms with Crippen molar-refractivity contribution in [3.05, 3.63) is 23.9 Å². The number of aromatic nitrogens is 1. The Morgan fingerprint density at radius 2 is 2.06 bits per heavy atom. The van der Waals surface area contributed by atoms with Gasteiger partial charge in [0.25, 0.3) is 0 Å². The summed E-state index contributed by atoms with van der Waals surface area (Å²) in [5.74, 6) is 1.53. The molecule has 2 heterocycles. The van der Waals surface area contributed by atoms with Crippen molar-refractivity contribution in [2.45, 2.75) is 32.8 Å². The molecule has 1 aromatic rings. The molecule has 0 saturated carbocycles. The van der Waals surface area contributed by atoms with Crippen LogP contribution in [0.5, 0.6) is 0 Å². The molecule has 16 heavy (non-hydrogen) atoms. The van der Waals surface area contributed by atoms with E-state index in [0.717, 1.165) is 37.4 Å². The van der Waals surface area contributed by atoms with Crippen LogP contribution in [0.4, 0.5) is 5.82 Å². The highest BCUT2D eigenvalue weighted by Crippen LogP contribution is 2.23. The van der Waals surface area contributed by atoms with Crippen LogP contribution >= 0.6 is 0 Å². The van der Waals surface area contributed by atoms with Crippen LogP contribution in [0.2, 0.25) is 0 Å². The van der Waals surface area contributed by atoms with Gasteiger partial charge in [-0.15, -0.1) is 0 Å². The van der Waals surface area contributed by atoms with E-state index in [9.17, 15) is 5.11 Å². The Kier molecular flexibility index (Phi) is 3.44. The molecule has 3 heteroatoms. The standard InChI is InChI=1S/C13H20N2O/c1-10-4-3-5-13(14-10)15-8-6-12(7-9-15)11(2)16/h3-5,11-12,16H,6-9H2,1-2H3. The van der Waals surface area contributed by atoms with E-state index in [0.29, 0.717) is 5.92 Å². The van der Waals surface area contributed by atoms with Gasteiger partial charge in [-0.2, -0.15) is 0 Å². The first-order chi connectivity index (χ1) is 7.66. The molecule has 0 radical (unpaired) electrons. The van der Waals surface area contributed by atoms with Crippen molar-refractivity contribution in [1.82, 2.24) is 4.98 Å². The number of anilines is 1. The van der Waals surface area contributed by atoms with Crippen LogP contribution in [0.3, 0.4) is 0 Å². The Morgan fingerprint density at radius 3 is 2.62 bits per heavy atom. The molecule has 0 aliphatic carbocycles. The minimum atomic E-state index is -0.174. The maximum absolute atomic E-state index is 9.54. The van der Waals surface area contributed by atoms with Gasteiger partial charge in [0, 0.05) is 18.8 Å². The summed E-state index contributed by atoms with van der Waals surface area (Å²) in [6, 6.07) is 6.14. The SMILES string of the molecule is Cc1cccc(N2CCC(C(C)O)CC2)n1. The number of pyridine rings is 1. The van der Waals surface area contributed by atoms with E-state index in [-0.39, 0.29) is 6.10 Å². The van der Waals surface area contributed by atoms with E-state index in [1.165, 1.54) is 0 Å². The van der Waals surface area contributed by atoms with E-state index in [1.807, 2.05) is 19.9 Å². The van der Waals surface area contributed by atoms with Crippen molar-refractivity contribution in [2.75, 3.05) is 18.0 Å². The van der Waals surface area contributed by atoms with Crippen LogP contribution in [-0.4, -0.2) is 29.3 Å². The van der Waals surface area contributed by atoms with Crippen LogP contribution in [0, 0.1) is 12.8 Å². The van der Waals surface area contributed by atoms with Gasteiger partial charge in [0.1, 0.15) is 5.82 Å². The van der Waals surface area contributed by atoms with Crippen molar-refractivity contribution in [1.29, 1.82) is 0 Å². The smallest absolute Gasteiger partial charge is 0.128 e. The third-order valence-electron chi connectivity index (χ3n) is 3.42. The lowest BCUT2D eigenvalue weighted by Gasteiger charge is -2.34. The Morgan fingerprint density at radius 1 is 1.38 bits per heavy atom. The minimum absolute atomic E-state index is 0.174. The number of nitrogens with zero attached hydrogens (tertiary/aromatic N) is 2. The van der Waals surface area contributed by atoms with Gasteiger partial charge >= 0.3 is 0 Å². The molecule has 1 unspecified atom stereocenters. The van der Waals surface area contributed by atoms with Crippen LogP contribution in [0.25, 0.3) is 0 Å². The molecule has 1 aliphatic heterocycles. The Labute approximate surface area is 97.1 Å². The highest BCUT2D eigenvalue weighted by Gasteiger charge is 2.23. The van der Waals surface area contributed by atoms with E-state index >= 15 is 0 Å². The van der Waals surface area contributed by atoms with Gasteiger partial charge in [-0.05, 0) is 44.7 Å². The second kappa shape index (κ2) is 4.83. The Hall–Kier alpha value is -1.09. The fourth-order valence-corrected chi connectivity index (χ4v) is 2.32. The van der Waals surface area contributed by atoms with Crippen molar-refractivity contribution in [3.63, 3.8) is 0 Å². The Balaban J connectivity index is 1.99. The Bertz CT molecular complexity index is 344. The average Bonchev–Trinajstić information content (AvgIpc) is 2.29. The molecule has 2 rings (SSSR count). The summed E-state index contributed by atoms with van der Waals surface area (Å²) in [6.45, 7) is 5.93. The first-order valence-corrected chi connectivity index (χ1v) is 6.03. The normalized spacial score (nSPS) is 19.8. The zero-order valence-corrected chi connectivity index (χ0v) is 10.1. The summed E-state index contributed by atoms with van der Waals surface area (Å²) in [4.78, 5) is 6.84. The summed E-state index contributed by atoms with van der Waals surface area (Å²) in [5.41, 5.74) is 1.06. The zero-order valence-electron chi connectivity index (χ0n) is 10.1. The van der Waals surface area contributed by atoms with Crippen LogP contribution in [-0.2, 0) is 0 Å². The van der Waals surface area contributed by atoms with Crippen molar-refractivity contribution >= 4 is 5.82 Å². The van der Waals surface area contributed by atoms with E-state index in [4.69, 9.17) is 0 Å². The second-order valence-electron chi connectivity index (χ2n) is 4.70. The monoisotopic (exact) mass is 220 g/mol. The lowest BCUT2D eigenvalue weighted by molar-refractivity contribution is 0.110. The van der Waals surface area contributed by atoms with E-state index in [2.05, 4.69) is 22.0 Å². The molecule has 1 N–H and O–H groups in total. The fraction of sp³-hybridized carbons (Fsp3) is 0.615.